The van der Waals surface area contributed by atoms with E-state index in [2.05, 4.69) is 0 Å². The Morgan fingerprint density at radius 2 is 0.315 bits per heavy atom. The second-order valence-electron chi connectivity index (χ2n) is 22.9. The third-order valence-electron chi connectivity index (χ3n) is 15.2. The number of carbonyl (C=O) groups excluding carboxylic acids is 2. The average molecular weight is 1460 g/mol. The van der Waals surface area contributed by atoms with Crippen LogP contribution in [0.2, 0.25) is 0 Å². The van der Waals surface area contributed by atoms with Crippen LogP contribution in [0.5, 0.6) is 0 Å². The Kier molecular flexibility index (Phi) is 44.3. The van der Waals surface area contributed by atoms with Crippen LogP contribution >= 0.6 is 0 Å². The topological polar surface area (TPSA) is 80.3 Å². The minimum atomic E-state index is -7.84. The van der Waals surface area contributed by atoms with Crippen molar-refractivity contribution in [3.8, 4) is 0 Å². The van der Waals surface area contributed by atoms with Crippen molar-refractivity contribution in [3.63, 3.8) is 0 Å². The summed E-state index contributed by atoms with van der Waals surface area (Å²) in [4.78, 5) is 20.6. The average Bonchev–Trinajstić information content (AvgIpc) is 0.751. The van der Waals surface area contributed by atoms with Crippen molar-refractivity contribution in [2.75, 3.05) is 0 Å². The molecule has 528 valence electrons. The van der Waals surface area contributed by atoms with E-state index in [0.717, 1.165) is 167 Å². The zero-order valence-corrected chi connectivity index (χ0v) is 54.3. The van der Waals surface area contributed by atoms with E-state index in [1.807, 2.05) is 0 Å². The Labute approximate surface area is 525 Å². The number of halogens is 26. The van der Waals surface area contributed by atoms with Gasteiger partial charge < -0.3 is 19.8 Å². The molecule has 0 aliphatic heterocycles. The van der Waals surface area contributed by atoms with Gasteiger partial charge in [-0.25, -0.2) is 0 Å². The first kappa shape index (κ1) is 91.2. The number of hydrogen-bond acceptors (Lipinski definition) is 4. The number of unbranched alkanes of at least 4 members (excludes halogenated alkanes) is 38. The molecule has 0 aromatic carbocycles. The van der Waals surface area contributed by atoms with Crippen LogP contribution in [0.25, 0.3) is 0 Å². The molecule has 0 bridgehead atoms. The number of aliphatic carboxylic acids is 2. The summed E-state index contributed by atoms with van der Waals surface area (Å²) < 4.78 is 341. The van der Waals surface area contributed by atoms with Crippen molar-refractivity contribution in [1.29, 1.82) is 0 Å². The Bertz CT molecular complexity index is 1700. The van der Waals surface area contributed by atoms with Gasteiger partial charge in [0.2, 0.25) is 0 Å². The Hall–Kier alpha value is -1.96. The first-order valence-corrected chi connectivity index (χ1v) is 30.6. The van der Waals surface area contributed by atoms with Gasteiger partial charge in [0.05, 0.1) is 0 Å². The van der Waals surface area contributed by atoms with Gasteiger partial charge in [-0.2, -0.15) is 114 Å². The smallest absolute Gasteiger partial charge is 0.550 e. The van der Waals surface area contributed by atoms with Crippen molar-refractivity contribution in [2.24, 2.45) is 0 Å². The monoisotopic (exact) mass is 1460 g/mol. The van der Waals surface area contributed by atoms with Gasteiger partial charge >= 0.3 is 98.9 Å². The Morgan fingerprint density at radius 1 is 0.191 bits per heavy atom. The van der Waals surface area contributed by atoms with Gasteiger partial charge in [-0.15, -0.1) is 0 Å². The first-order valence-electron chi connectivity index (χ1n) is 30.6. The molecule has 4 nitrogen and oxygen atoms in total. The van der Waals surface area contributed by atoms with Crippen molar-refractivity contribution in [1.82, 2.24) is 0 Å². The fraction of sp³-hybridized carbons (Fsp3) is 0.966. The molecule has 0 atom stereocenters. The summed E-state index contributed by atoms with van der Waals surface area (Å²) in [7, 11) is 0. The number of alkyl halides is 26. The summed E-state index contributed by atoms with van der Waals surface area (Å²) >= 11 is 0. The number of carbonyl (C=O) groups is 2. The predicted octanol–water partition coefficient (Wildman–Crippen LogP) is 22.1. The summed E-state index contributed by atoms with van der Waals surface area (Å²) in [5.74, 6) is -74.7. The van der Waals surface area contributed by atoms with E-state index in [9.17, 15) is 134 Å². The van der Waals surface area contributed by atoms with Gasteiger partial charge in [0.1, 0.15) is 0 Å². The molecule has 0 aliphatic carbocycles. The molecule has 0 aliphatic rings. The van der Waals surface area contributed by atoms with Crippen LogP contribution in [0.4, 0.5) is 114 Å². The molecule has 89 heavy (non-hydrogen) atoms. The molecular weight excluding hydrogens is 1370 g/mol. The van der Waals surface area contributed by atoms with E-state index >= 15 is 0 Å². The van der Waals surface area contributed by atoms with Crippen LogP contribution < -0.4 is 10.2 Å². The van der Waals surface area contributed by atoms with Crippen LogP contribution in [0.15, 0.2) is 0 Å². The molecule has 0 unspecified atom stereocenters. The van der Waals surface area contributed by atoms with E-state index in [1.54, 1.807) is 0 Å². The van der Waals surface area contributed by atoms with Crippen molar-refractivity contribution in [2.45, 2.75) is 354 Å². The molecule has 0 fully saturated rings. The van der Waals surface area contributed by atoms with Gasteiger partial charge in [-0.05, 0) is 38.5 Å². The van der Waals surface area contributed by atoms with Gasteiger partial charge in [0.25, 0.3) is 0 Å². The molecule has 31 heteroatoms. The van der Waals surface area contributed by atoms with E-state index in [1.165, 1.54) is 12.8 Å². The molecule has 0 radical (unpaired) electrons. The van der Waals surface area contributed by atoms with Crippen LogP contribution in [0.1, 0.15) is 283 Å². The summed E-state index contributed by atoms with van der Waals surface area (Å²) in [5, 5.41) is 20.6. The van der Waals surface area contributed by atoms with Crippen molar-refractivity contribution >= 4 is 11.9 Å². The molecule has 0 saturated heterocycles. The second-order valence-corrected chi connectivity index (χ2v) is 22.9. The molecule has 0 heterocycles. The molecule has 0 aromatic rings. The third-order valence-corrected chi connectivity index (χ3v) is 15.2. The molecule has 0 saturated carbocycles. The number of rotatable bonds is 54. The maximum Gasteiger partial charge on any atom is 2.00 e. The number of carboxylic acid groups (broad SMARTS) is 2. The maximum absolute atomic E-state index is 13.8. The minimum absolute atomic E-state index is 0. The summed E-state index contributed by atoms with van der Waals surface area (Å²) in [5.41, 5.74) is 0. The van der Waals surface area contributed by atoms with E-state index in [-0.39, 0.29) is 65.8 Å². The van der Waals surface area contributed by atoms with E-state index < -0.39 is 109 Å². The van der Waals surface area contributed by atoms with Crippen LogP contribution in [-0.2, 0) is 36.9 Å². The fourth-order valence-electron chi connectivity index (χ4n) is 9.51. The van der Waals surface area contributed by atoms with Crippen molar-refractivity contribution < 1.29 is 161 Å². The largest absolute Gasteiger partial charge is 2.00 e. The summed E-state index contributed by atoms with van der Waals surface area (Å²) in [6.07, 6.45) is 13.0. The fourth-order valence-corrected chi connectivity index (χ4v) is 9.51. The van der Waals surface area contributed by atoms with Crippen LogP contribution in [-0.4, -0.2) is 83.5 Å². The van der Waals surface area contributed by atoms with Crippen LogP contribution in [0.3, 0.4) is 0 Å². The summed E-state index contributed by atoms with van der Waals surface area (Å²) in [6.45, 7) is 0. The molecule has 0 N–H and O–H groups in total. The normalized spacial score (nSPS) is 13.8. The number of hydrogen-bond donors (Lipinski definition) is 0. The standard InChI is InChI=1S/2C29H45F13O2.Cd/c2*30-24(31,25(32,33)26(34,35)27(36,37)28(38,39)29(40,41)42)22-20-18-16-14-12-10-8-6-4-2-1-3-5-7-9-11-13-15-17-19-21-23(43)44;/h2*1-22H2,(H,43,44);/q;;+2/p-2. The molecular formula is C58H88CdF26O4. The quantitative estimate of drug-likeness (QED) is 0.0345. The van der Waals surface area contributed by atoms with Gasteiger partial charge in [-0.1, -0.05) is 231 Å². The zero-order chi connectivity index (χ0) is 68.3. The SMILES string of the molecule is O=C([O-])CCCCCCCCCCCCCCCCCCCCCCC(F)(F)C(F)(F)C(F)(F)C(F)(F)C(F)(F)C(F)(F)F.O=C([O-])CCCCCCCCCCCCCCCCCCCCCCC(F)(F)C(F)(F)C(F)(F)C(F)(F)C(F)(F)C(F)(F)F.[Cd+2]. The van der Waals surface area contributed by atoms with Crippen LogP contribution in [0, 0.1) is 0 Å². The first-order chi connectivity index (χ1) is 40.3. The summed E-state index contributed by atoms with van der Waals surface area (Å²) in [6, 6.07) is 0. The Balaban J connectivity index is -0.00000164. The molecule has 0 aromatic heterocycles. The van der Waals surface area contributed by atoms with Crippen molar-refractivity contribution in [3.05, 3.63) is 0 Å². The van der Waals surface area contributed by atoms with E-state index in [0.29, 0.717) is 38.5 Å². The molecule has 0 spiro atoms. The number of carboxylic acids is 2. The van der Waals surface area contributed by atoms with E-state index in [4.69, 9.17) is 0 Å². The molecule has 0 rings (SSSR count). The zero-order valence-electron chi connectivity index (χ0n) is 50.3. The Morgan fingerprint density at radius 3 is 0.449 bits per heavy atom. The minimum Gasteiger partial charge on any atom is -0.550 e. The second kappa shape index (κ2) is 43.2. The third kappa shape index (κ3) is 31.0. The van der Waals surface area contributed by atoms with Gasteiger partial charge in [-0.3, -0.25) is 0 Å². The van der Waals surface area contributed by atoms with Gasteiger partial charge in [0.15, 0.2) is 0 Å². The van der Waals surface area contributed by atoms with Gasteiger partial charge in [0, 0.05) is 24.8 Å². The maximum atomic E-state index is 13.8. The molecule has 0 amide bonds. The predicted molar refractivity (Wildman–Crippen MR) is 275 cm³/mol.